The zero-order valence-corrected chi connectivity index (χ0v) is 15.5. The van der Waals surface area contributed by atoms with Crippen LogP contribution in [0.4, 0.5) is 21.5 Å². The van der Waals surface area contributed by atoms with Gasteiger partial charge in [0.05, 0.1) is 28.4 Å². The van der Waals surface area contributed by atoms with E-state index < -0.39 is 0 Å². The Balaban J connectivity index is 2.48. The lowest BCUT2D eigenvalue weighted by Crippen LogP contribution is -2.14. The molecular formula is C19H23ClFN3. The Labute approximate surface area is 148 Å². The van der Waals surface area contributed by atoms with E-state index in [1.165, 1.54) is 0 Å². The maximum atomic E-state index is 14.4. The Hall–Kier alpha value is -2.07. The molecule has 0 fully saturated rings. The van der Waals surface area contributed by atoms with Crippen LogP contribution in [0.2, 0.25) is 5.02 Å². The van der Waals surface area contributed by atoms with E-state index in [-0.39, 0.29) is 5.82 Å². The lowest BCUT2D eigenvalue weighted by Gasteiger charge is -2.23. The van der Waals surface area contributed by atoms with Crippen LogP contribution in [0.15, 0.2) is 35.3 Å². The van der Waals surface area contributed by atoms with Gasteiger partial charge in [-0.05, 0) is 50.1 Å². The highest BCUT2D eigenvalue weighted by atomic mass is 35.5. The van der Waals surface area contributed by atoms with Gasteiger partial charge in [-0.25, -0.2) is 9.38 Å². The van der Waals surface area contributed by atoms with Gasteiger partial charge >= 0.3 is 0 Å². The predicted octanol–water partition coefficient (Wildman–Crippen LogP) is 5.48. The zero-order chi connectivity index (χ0) is 17.9. The van der Waals surface area contributed by atoms with Crippen LogP contribution in [0, 0.1) is 19.7 Å². The summed E-state index contributed by atoms with van der Waals surface area (Å²) >= 11 is 6.55. The fourth-order valence-electron chi connectivity index (χ4n) is 2.33. The van der Waals surface area contributed by atoms with Gasteiger partial charge in [0.25, 0.3) is 0 Å². The van der Waals surface area contributed by atoms with Crippen molar-refractivity contribution < 1.29 is 4.39 Å². The van der Waals surface area contributed by atoms with Crippen LogP contribution >= 0.6 is 11.6 Å². The molecule has 0 spiro atoms. The average molecular weight is 348 g/mol. The summed E-state index contributed by atoms with van der Waals surface area (Å²) in [6.07, 6.45) is 1.75. The second-order valence-corrected chi connectivity index (χ2v) is 6.28. The number of hydrogen-bond donors (Lipinski definition) is 0. The standard InChI is InChI=1S/C19H23ClFN3/c1-6-23(4)12-22-15-10-13(2)11-17(18(15)20)24(5)16-9-7-8-14(3)19(16)21/h7-12H,6H2,1-5H3/b22-12-. The van der Waals surface area contributed by atoms with Gasteiger partial charge in [-0.3, -0.25) is 0 Å². The number of benzene rings is 2. The highest BCUT2D eigenvalue weighted by Gasteiger charge is 2.16. The Kier molecular flexibility index (Phi) is 5.84. The third kappa shape index (κ3) is 3.88. The fourth-order valence-corrected chi connectivity index (χ4v) is 2.62. The summed E-state index contributed by atoms with van der Waals surface area (Å²) in [6, 6.07) is 9.19. The molecule has 0 saturated carbocycles. The number of anilines is 2. The van der Waals surface area contributed by atoms with Crippen molar-refractivity contribution in [2.24, 2.45) is 4.99 Å². The molecule has 0 radical (unpaired) electrons. The van der Waals surface area contributed by atoms with Crippen molar-refractivity contribution in [3.05, 3.63) is 52.3 Å². The third-order valence-corrected chi connectivity index (χ3v) is 4.35. The van der Waals surface area contributed by atoms with E-state index in [2.05, 4.69) is 4.99 Å². The molecule has 0 aromatic heterocycles. The number of halogens is 2. The van der Waals surface area contributed by atoms with Gasteiger partial charge < -0.3 is 9.80 Å². The van der Waals surface area contributed by atoms with Crippen LogP contribution in [-0.4, -0.2) is 31.9 Å². The molecule has 0 unspecified atom stereocenters. The van der Waals surface area contributed by atoms with Crippen LogP contribution in [0.3, 0.4) is 0 Å². The summed E-state index contributed by atoms with van der Waals surface area (Å²) < 4.78 is 14.4. The lowest BCUT2D eigenvalue weighted by atomic mass is 10.1. The number of hydrogen-bond acceptors (Lipinski definition) is 2. The fraction of sp³-hybridized carbons (Fsp3) is 0.316. The number of nitrogens with zero attached hydrogens (tertiary/aromatic N) is 3. The highest BCUT2D eigenvalue weighted by molar-refractivity contribution is 6.36. The summed E-state index contributed by atoms with van der Waals surface area (Å²) in [7, 11) is 3.76. The monoisotopic (exact) mass is 347 g/mol. The maximum absolute atomic E-state index is 14.4. The first kappa shape index (κ1) is 18.3. The molecular weight excluding hydrogens is 325 g/mol. The number of rotatable bonds is 5. The van der Waals surface area contributed by atoms with Gasteiger partial charge in [-0.1, -0.05) is 23.7 Å². The van der Waals surface area contributed by atoms with Gasteiger partial charge in [0.15, 0.2) is 0 Å². The zero-order valence-electron chi connectivity index (χ0n) is 14.8. The Morgan fingerprint density at radius 2 is 1.88 bits per heavy atom. The molecule has 0 bridgehead atoms. The van der Waals surface area contributed by atoms with E-state index >= 15 is 0 Å². The van der Waals surface area contributed by atoms with Crippen LogP contribution in [0.1, 0.15) is 18.1 Å². The SMILES string of the molecule is CCN(C)/C=N\c1cc(C)cc(N(C)c2cccc(C)c2F)c1Cl. The van der Waals surface area contributed by atoms with E-state index in [4.69, 9.17) is 11.6 Å². The van der Waals surface area contributed by atoms with Gasteiger partial charge in [-0.2, -0.15) is 0 Å². The van der Waals surface area contributed by atoms with Crippen LogP contribution < -0.4 is 4.90 Å². The molecule has 0 atom stereocenters. The van der Waals surface area contributed by atoms with Gasteiger partial charge in [0.2, 0.25) is 0 Å². The predicted molar refractivity (Wildman–Crippen MR) is 102 cm³/mol. The molecule has 2 rings (SSSR count). The summed E-state index contributed by atoms with van der Waals surface area (Å²) in [5.74, 6) is -0.242. The molecule has 5 heteroatoms. The van der Waals surface area contributed by atoms with Crippen LogP contribution in [0.25, 0.3) is 0 Å². The van der Waals surface area contributed by atoms with Crippen LogP contribution in [0.5, 0.6) is 0 Å². The highest BCUT2D eigenvalue weighted by Crippen LogP contribution is 2.39. The quantitative estimate of drug-likeness (QED) is 0.527. The molecule has 24 heavy (non-hydrogen) atoms. The first-order valence-corrected chi connectivity index (χ1v) is 8.26. The van der Waals surface area contributed by atoms with Crippen LogP contribution in [-0.2, 0) is 0 Å². The average Bonchev–Trinajstić information content (AvgIpc) is 2.56. The minimum atomic E-state index is -0.242. The molecule has 0 heterocycles. The van der Waals surface area contributed by atoms with E-state index in [1.54, 1.807) is 30.3 Å². The minimum Gasteiger partial charge on any atom is -0.366 e. The summed E-state index contributed by atoms with van der Waals surface area (Å²) in [5.41, 5.74) is 3.51. The molecule has 0 aliphatic carbocycles. The minimum absolute atomic E-state index is 0.242. The smallest absolute Gasteiger partial charge is 0.149 e. The molecule has 0 aliphatic rings. The van der Waals surface area contributed by atoms with Gasteiger partial charge in [0.1, 0.15) is 5.82 Å². The van der Waals surface area contributed by atoms with Gasteiger partial charge in [-0.15, -0.1) is 0 Å². The molecule has 2 aromatic rings. The second-order valence-electron chi connectivity index (χ2n) is 5.90. The van der Waals surface area contributed by atoms with Crippen molar-refractivity contribution in [3.8, 4) is 0 Å². The van der Waals surface area contributed by atoms with E-state index in [0.717, 1.165) is 17.8 Å². The van der Waals surface area contributed by atoms with Crippen molar-refractivity contribution >= 4 is 35.0 Å². The normalized spacial score (nSPS) is 11.1. The van der Waals surface area contributed by atoms with Crippen molar-refractivity contribution in [1.82, 2.24) is 4.90 Å². The van der Waals surface area contributed by atoms with E-state index in [0.29, 0.717) is 22.0 Å². The van der Waals surface area contributed by atoms with Crippen molar-refractivity contribution in [1.29, 1.82) is 0 Å². The van der Waals surface area contributed by atoms with E-state index in [1.807, 2.05) is 51.0 Å². The Bertz CT molecular complexity index is 759. The molecule has 0 amide bonds. The molecule has 0 aliphatic heterocycles. The van der Waals surface area contributed by atoms with Crippen molar-refractivity contribution in [2.45, 2.75) is 20.8 Å². The number of aryl methyl sites for hydroxylation is 2. The largest absolute Gasteiger partial charge is 0.366 e. The first-order chi connectivity index (χ1) is 11.3. The Morgan fingerprint density at radius 3 is 2.54 bits per heavy atom. The number of aliphatic imine (C=N–C) groups is 1. The summed E-state index contributed by atoms with van der Waals surface area (Å²) in [5, 5.41) is 0.504. The summed E-state index contributed by atoms with van der Waals surface area (Å²) in [6.45, 7) is 6.63. The Morgan fingerprint density at radius 1 is 1.17 bits per heavy atom. The third-order valence-electron chi connectivity index (χ3n) is 3.97. The summed E-state index contributed by atoms with van der Waals surface area (Å²) in [4.78, 5) is 8.19. The molecule has 128 valence electrons. The van der Waals surface area contributed by atoms with E-state index in [9.17, 15) is 4.39 Å². The maximum Gasteiger partial charge on any atom is 0.149 e. The van der Waals surface area contributed by atoms with Crippen molar-refractivity contribution in [2.75, 3.05) is 25.5 Å². The van der Waals surface area contributed by atoms with Gasteiger partial charge in [0, 0.05) is 20.6 Å². The van der Waals surface area contributed by atoms with Crippen molar-refractivity contribution in [3.63, 3.8) is 0 Å². The molecule has 0 N–H and O–H groups in total. The lowest BCUT2D eigenvalue weighted by molar-refractivity contribution is 0.552. The first-order valence-electron chi connectivity index (χ1n) is 7.88. The molecule has 0 saturated heterocycles. The topological polar surface area (TPSA) is 18.8 Å². The molecule has 3 nitrogen and oxygen atoms in total. The second kappa shape index (κ2) is 7.67. The molecule has 2 aromatic carbocycles.